The van der Waals surface area contributed by atoms with Crippen LogP contribution >= 0.6 is 0 Å². The Labute approximate surface area is 129 Å². The van der Waals surface area contributed by atoms with Crippen LogP contribution in [0.25, 0.3) is 11.0 Å². The second-order valence-corrected chi connectivity index (χ2v) is 7.11. The summed E-state index contributed by atoms with van der Waals surface area (Å²) in [5, 5.41) is 3.35. The van der Waals surface area contributed by atoms with Crippen molar-refractivity contribution in [1.82, 2.24) is 19.8 Å². The smallest absolute Gasteiger partial charge is 0.251 e. The molecule has 22 heavy (non-hydrogen) atoms. The Morgan fingerprint density at radius 3 is 3.09 bits per heavy atom. The molecule has 3 aliphatic rings. The molecule has 0 radical (unpaired) electrons. The van der Waals surface area contributed by atoms with E-state index in [1.165, 1.54) is 32.4 Å². The quantitative estimate of drug-likeness (QED) is 0.914. The first-order valence-corrected chi connectivity index (χ1v) is 8.14. The summed E-state index contributed by atoms with van der Waals surface area (Å²) in [6.45, 7) is 2.39. The van der Waals surface area contributed by atoms with E-state index in [2.05, 4.69) is 15.2 Å². The van der Waals surface area contributed by atoms with E-state index in [0.717, 1.165) is 16.6 Å². The van der Waals surface area contributed by atoms with Crippen molar-refractivity contribution >= 4 is 16.9 Å². The fourth-order valence-corrected chi connectivity index (χ4v) is 4.60. The number of carbonyl (C=O) groups is 1. The Hall–Kier alpha value is -1.88. The molecule has 3 atom stereocenters. The largest absolute Gasteiger partial charge is 0.347 e. The van der Waals surface area contributed by atoms with Gasteiger partial charge >= 0.3 is 0 Å². The molecule has 2 bridgehead atoms. The zero-order chi connectivity index (χ0) is 14.9. The normalized spacial score (nSPS) is 31.0. The van der Waals surface area contributed by atoms with E-state index in [-0.39, 0.29) is 5.91 Å². The average molecular weight is 296 g/mol. The fraction of sp³-hybridized carbons (Fsp3) is 0.529. The number of imidazole rings is 1. The second-order valence-electron chi connectivity index (χ2n) is 7.11. The van der Waals surface area contributed by atoms with Gasteiger partial charge in [-0.1, -0.05) is 0 Å². The van der Waals surface area contributed by atoms with Gasteiger partial charge in [0.25, 0.3) is 5.91 Å². The number of hydrogen-bond donors (Lipinski definition) is 1. The molecule has 5 nitrogen and oxygen atoms in total. The summed E-state index contributed by atoms with van der Waals surface area (Å²) in [7, 11) is 1.96. The number of aryl methyl sites for hydroxylation is 1. The maximum atomic E-state index is 12.7. The lowest BCUT2D eigenvalue weighted by atomic mass is 9.91. The minimum atomic E-state index is 0.0631. The van der Waals surface area contributed by atoms with Crippen LogP contribution in [0.15, 0.2) is 24.5 Å². The summed E-state index contributed by atoms with van der Waals surface area (Å²) in [6.07, 6.45) is 5.51. The molecule has 2 aromatic rings. The van der Waals surface area contributed by atoms with Crippen molar-refractivity contribution in [2.24, 2.45) is 13.0 Å². The number of amides is 1. The number of aromatic nitrogens is 2. The molecule has 1 saturated carbocycles. The number of hydrogen-bond acceptors (Lipinski definition) is 3. The van der Waals surface area contributed by atoms with Crippen molar-refractivity contribution in [3.05, 3.63) is 30.1 Å². The van der Waals surface area contributed by atoms with Gasteiger partial charge in [-0.3, -0.25) is 9.69 Å². The van der Waals surface area contributed by atoms with E-state index in [0.29, 0.717) is 17.5 Å². The molecule has 1 spiro atoms. The zero-order valence-electron chi connectivity index (χ0n) is 12.7. The Morgan fingerprint density at radius 1 is 1.41 bits per heavy atom. The van der Waals surface area contributed by atoms with Crippen LogP contribution in [0.3, 0.4) is 0 Å². The van der Waals surface area contributed by atoms with E-state index in [4.69, 9.17) is 0 Å². The van der Waals surface area contributed by atoms with E-state index in [9.17, 15) is 4.79 Å². The highest BCUT2D eigenvalue weighted by molar-refractivity contribution is 5.97. The van der Waals surface area contributed by atoms with Gasteiger partial charge in [0.1, 0.15) is 0 Å². The molecule has 3 fully saturated rings. The van der Waals surface area contributed by atoms with E-state index in [1.807, 2.05) is 29.8 Å². The molecule has 2 unspecified atom stereocenters. The van der Waals surface area contributed by atoms with Gasteiger partial charge in [-0.15, -0.1) is 0 Å². The summed E-state index contributed by atoms with van der Waals surface area (Å²) in [6, 6.07) is 6.11. The molecule has 114 valence electrons. The number of nitrogens with zero attached hydrogens (tertiary/aromatic N) is 3. The predicted molar refractivity (Wildman–Crippen MR) is 83.6 cm³/mol. The number of carbonyl (C=O) groups excluding carboxylic acids is 1. The highest BCUT2D eigenvalue weighted by Gasteiger charge is 2.63. The summed E-state index contributed by atoms with van der Waals surface area (Å²) in [5.41, 5.74) is 2.98. The van der Waals surface area contributed by atoms with Gasteiger partial charge < -0.3 is 9.88 Å². The third-order valence-electron chi connectivity index (χ3n) is 5.94. The molecular formula is C17H20N4O. The van der Waals surface area contributed by atoms with E-state index >= 15 is 0 Å². The lowest BCUT2D eigenvalue weighted by Gasteiger charge is -2.33. The first-order chi connectivity index (χ1) is 10.7. The van der Waals surface area contributed by atoms with Crippen LogP contribution in [0.5, 0.6) is 0 Å². The van der Waals surface area contributed by atoms with Crippen molar-refractivity contribution in [3.63, 3.8) is 0 Å². The molecule has 1 aromatic heterocycles. The molecule has 3 heterocycles. The molecule has 5 rings (SSSR count). The van der Waals surface area contributed by atoms with Crippen LogP contribution in [0.4, 0.5) is 0 Å². The maximum absolute atomic E-state index is 12.7. The molecule has 5 heteroatoms. The summed E-state index contributed by atoms with van der Waals surface area (Å²) in [5.74, 6) is 0.708. The summed E-state index contributed by atoms with van der Waals surface area (Å²) >= 11 is 0. The van der Waals surface area contributed by atoms with Gasteiger partial charge in [-0.2, -0.15) is 0 Å². The van der Waals surface area contributed by atoms with Gasteiger partial charge in [0.2, 0.25) is 0 Å². The van der Waals surface area contributed by atoms with Crippen molar-refractivity contribution < 1.29 is 4.79 Å². The lowest BCUT2D eigenvalue weighted by molar-refractivity contribution is 0.0892. The third kappa shape index (κ3) is 1.57. The molecule has 2 aliphatic heterocycles. The van der Waals surface area contributed by atoms with Gasteiger partial charge in [-0.05, 0) is 49.9 Å². The van der Waals surface area contributed by atoms with Crippen LogP contribution in [-0.4, -0.2) is 45.0 Å². The first kappa shape index (κ1) is 12.6. The van der Waals surface area contributed by atoms with Gasteiger partial charge in [0.05, 0.1) is 23.4 Å². The van der Waals surface area contributed by atoms with Crippen molar-refractivity contribution in [2.45, 2.75) is 30.8 Å². The number of fused-ring (bicyclic) bond motifs is 4. The average Bonchev–Trinajstić information content (AvgIpc) is 2.90. The van der Waals surface area contributed by atoms with E-state index < -0.39 is 0 Å². The predicted octanol–water partition coefficient (Wildman–Crippen LogP) is 1.54. The molecule has 1 aliphatic carbocycles. The van der Waals surface area contributed by atoms with Crippen molar-refractivity contribution in [1.29, 1.82) is 0 Å². The van der Waals surface area contributed by atoms with Crippen LogP contribution in [0, 0.1) is 5.92 Å². The van der Waals surface area contributed by atoms with E-state index in [1.54, 1.807) is 6.33 Å². The van der Waals surface area contributed by atoms with Crippen molar-refractivity contribution in [3.8, 4) is 0 Å². The Morgan fingerprint density at radius 2 is 2.27 bits per heavy atom. The topological polar surface area (TPSA) is 50.2 Å². The fourth-order valence-electron chi connectivity index (χ4n) is 4.60. The maximum Gasteiger partial charge on any atom is 0.251 e. The van der Waals surface area contributed by atoms with Crippen LogP contribution < -0.4 is 5.32 Å². The SMILES string of the molecule is Cn1cnc2ccc(C(=O)N[C@@H]3C4CCN(C4)C34CC4)cc21. The molecule has 1 N–H and O–H groups in total. The van der Waals surface area contributed by atoms with Gasteiger partial charge in [-0.25, -0.2) is 4.98 Å². The number of piperidine rings is 1. The Balaban J connectivity index is 1.43. The standard InChI is InChI=1S/C17H20N4O/c1-20-10-18-13-3-2-11(8-14(13)20)16(22)19-15-12-4-7-21(9-12)17(15)5-6-17/h2-3,8,10,12,15H,4-7,9H2,1H3,(H,19,22)/t12?,15-/m1/s1. The van der Waals surface area contributed by atoms with Crippen LogP contribution in [0.1, 0.15) is 29.6 Å². The lowest BCUT2D eigenvalue weighted by Crippen LogP contribution is -2.51. The van der Waals surface area contributed by atoms with Crippen LogP contribution in [-0.2, 0) is 7.05 Å². The summed E-state index contributed by atoms with van der Waals surface area (Å²) < 4.78 is 1.96. The van der Waals surface area contributed by atoms with Gasteiger partial charge in [0, 0.05) is 24.7 Å². The van der Waals surface area contributed by atoms with Gasteiger partial charge in [0.15, 0.2) is 0 Å². The molecule has 1 aromatic carbocycles. The highest BCUT2D eigenvalue weighted by Crippen LogP contribution is 2.55. The van der Waals surface area contributed by atoms with Crippen molar-refractivity contribution in [2.75, 3.05) is 13.1 Å². The summed E-state index contributed by atoms with van der Waals surface area (Å²) in [4.78, 5) is 19.6. The molecule has 1 amide bonds. The Bertz CT molecular complexity index is 776. The zero-order valence-corrected chi connectivity index (χ0v) is 12.7. The number of benzene rings is 1. The Kier molecular flexibility index (Phi) is 2.36. The highest BCUT2D eigenvalue weighted by atomic mass is 16.1. The molecule has 2 saturated heterocycles. The van der Waals surface area contributed by atoms with Crippen LogP contribution in [0.2, 0.25) is 0 Å². The monoisotopic (exact) mass is 296 g/mol. The third-order valence-corrected chi connectivity index (χ3v) is 5.94. The number of nitrogens with one attached hydrogen (secondary N) is 1. The minimum absolute atomic E-state index is 0.0631. The number of rotatable bonds is 2. The first-order valence-electron chi connectivity index (χ1n) is 8.14. The molecular weight excluding hydrogens is 276 g/mol. The minimum Gasteiger partial charge on any atom is -0.347 e. The second kappa shape index (κ2) is 4.10.